The molecule has 0 aliphatic rings. The number of sulfonamides is 2. The molecule has 27 nitrogen and oxygen atoms in total. The van der Waals surface area contributed by atoms with E-state index in [1.165, 1.54) is 108 Å². The highest BCUT2D eigenvalue weighted by Crippen LogP contribution is 2.44. The van der Waals surface area contributed by atoms with Crippen LogP contribution >= 0.6 is 39.4 Å². The molecule has 4 aromatic heterocycles. The summed E-state index contributed by atoms with van der Waals surface area (Å²) in [5.41, 5.74) is 4.95. The fourth-order valence-electron chi connectivity index (χ4n) is 11.8. The molecule has 604 valence electrons. The molecule has 0 saturated heterocycles. The Kier molecular flexibility index (Phi) is 28.9. The number of rotatable bonds is 28. The molecule has 0 fully saturated rings. The van der Waals surface area contributed by atoms with Crippen LogP contribution in [0.25, 0.3) is 55.4 Å². The average molecular weight is 1740 g/mol. The number of aromatic nitrogens is 6. The SMILES string of the molecule is CCOCc1cc(OC)c(-c2ccc(C[C@H](NC(=O)c3c(F)cc(NS(=O)(=O)c4ccc(-c5ccnc(F)c5)cc4)cc3F)C(=O)OC)c3nsnc23)c(OC)c1.CCc1cc(OC)c(B(O)O)c(OC)c1.COC(=O)[C@H](Cc1ccc(Br)c2nsnc12)NC(=O)c1c(F)cc(NS(=O)(=O)c2ccc(-c3ccnc(F)c3)cc2)cc1F. The Labute approximate surface area is 676 Å². The van der Waals surface area contributed by atoms with E-state index in [9.17, 15) is 54.8 Å². The van der Waals surface area contributed by atoms with Crippen LogP contribution in [0.4, 0.5) is 37.7 Å². The lowest BCUT2D eigenvalue weighted by Crippen LogP contribution is -2.43. The molecule has 0 saturated carbocycles. The van der Waals surface area contributed by atoms with Crippen LogP contribution in [0.15, 0.2) is 172 Å². The number of aryl methyl sites for hydroxylation is 1. The number of carbonyl (C=O) groups is 4. The van der Waals surface area contributed by atoms with Crippen LogP contribution < -0.4 is 44.5 Å². The number of carbonyl (C=O) groups excluding carboxylic acids is 4. The van der Waals surface area contributed by atoms with E-state index in [0.717, 1.165) is 55.2 Å². The van der Waals surface area contributed by atoms with Crippen LogP contribution in [0.1, 0.15) is 56.8 Å². The predicted octanol–water partition coefficient (Wildman–Crippen LogP) is 11.9. The molecule has 39 heteroatoms. The number of methoxy groups -OCH3 is 6. The Hall–Kier alpha value is -11.7. The maximum absolute atomic E-state index is 15.4. The summed E-state index contributed by atoms with van der Waals surface area (Å²) in [6, 6.07) is 29.8. The molecule has 2 amide bonds. The number of nitrogens with zero attached hydrogens (tertiary/aromatic N) is 6. The number of amides is 2. The van der Waals surface area contributed by atoms with Gasteiger partial charge in [-0.1, -0.05) is 49.4 Å². The van der Waals surface area contributed by atoms with E-state index >= 15 is 17.6 Å². The zero-order valence-electron chi connectivity index (χ0n) is 62.3. The first kappa shape index (κ1) is 86.7. The molecule has 12 rings (SSSR count). The number of hydrogen-bond acceptors (Lipinski definition) is 25. The molecular weight excluding hydrogens is 1670 g/mol. The minimum absolute atomic E-state index is 0.121. The molecule has 8 aromatic carbocycles. The molecule has 0 aliphatic carbocycles. The summed E-state index contributed by atoms with van der Waals surface area (Å²) >= 11 is 5.21. The van der Waals surface area contributed by atoms with Crippen LogP contribution in [0.2, 0.25) is 0 Å². The van der Waals surface area contributed by atoms with Crippen molar-refractivity contribution < 1.29 is 106 Å². The number of halogens is 7. The van der Waals surface area contributed by atoms with Gasteiger partial charge in [0.05, 0.1) is 105 Å². The summed E-state index contributed by atoms with van der Waals surface area (Å²) in [4.78, 5) is 58.2. The highest BCUT2D eigenvalue weighted by molar-refractivity contribution is 9.10. The Morgan fingerprint density at radius 2 is 0.888 bits per heavy atom. The number of esters is 2. The van der Waals surface area contributed by atoms with Crippen molar-refractivity contribution in [1.29, 1.82) is 0 Å². The number of hydrogen-bond donors (Lipinski definition) is 6. The minimum Gasteiger partial charge on any atom is -0.497 e. The molecule has 6 N–H and O–H groups in total. The largest absolute Gasteiger partial charge is 0.497 e. The van der Waals surface area contributed by atoms with Crippen molar-refractivity contribution in [3.63, 3.8) is 0 Å². The van der Waals surface area contributed by atoms with Crippen LogP contribution in [0.3, 0.4) is 0 Å². The lowest BCUT2D eigenvalue weighted by atomic mass is 9.78. The van der Waals surface area contributed by atoms with Gasteiger partial charge < -0.3 is 53.8 Å². The third-order valence-electron chi connectivity index (χ3n) is 17.4. The van der Waals surface area contributed by atoms with Crippen molar-refractivity contribution in [2.24, 2.45) is 0 Å². The Bertz CT molecular complexity index is 5790. The van der Waals surface area contributed by atoms with Gasteiger partial charge in [-0.3, -0.25) is 19.0 Å². The van der Waals surface area contributed by atoms with Crippen molar-refractivity contribution in [3.05, 3.63) is 231 Å². The number of benzene rings is 8. The quantitative estimate of drug-likeness (QED) is 0.0115. The maximum Gasteiger partial charge on any atom is 0.496 e. The average Bonchev–Trinajstić information content (AvgIpc) is 1.46. The topological polar surface area (TPSA) is 367 Å². The standard InChI is InChI=1S/C39H34F3N5O8S2.C28H19BrF3N5O5S2.C10H15BO4/c1-5-55-20-21-14-31(52-2)34(32(15-21)53-3)27-11-8-24(36-37(27)46-56-45-36)16-30(39(49)54-4)44-38(48)35-28(40)18-25(19-29(35)41)47-57(50,51)26-9-6-22(7-10-26)23-12-13-43-33(42)17-23;1-42-28(39)22(10-16-4-7-19(29)26-25(16)35-43-36-26)34-27(38)24-20(30)12-17(13-21(24)31)37-44(40,41)18-5-2-14(3-6-18)15-8-9-33-23(32)11-15;1-4-7-5-8(14-2)10(11(12)13)9(6-7)15-3/h6-15,17-19,30,47H,5,16,20H2,1-4H3,(H,44,48);2-9,11-13,22,37H,10H2,1H3,(H,34,38);5-6,12-13H,4H2,1-3H3/t30-;22-;/m00./s1. The van der Waals surface area contributed by atoms with Crippen LogP contribution in [0.5, 0.6) is 23.0 Å². The van der Waals surface area contributed by atoms with Gasteiger partial charge in [0.15, 0.2) is 0 Å². The van der Waals surface area contributed by atoms with Crippen molar-refractivity contribution in [3.8, 4) is 56.4 Å². The number of anilines is 2. The molecule has 2 atom stereocenters. The first-order chi connectivity index (χ1) is 55.5. The minimum atomic E-state index is -4.36. The zero-order valence-corrected chi connectivity index (χ0v) is 67.1. The second-order valence-corrected chi connectivity index (χ2v) is 30.0. The summed E-state index contributed by atoms with van der Waals surface area (Å²) in [5.74, 6) is -9.51. The van der Waals surface area contributed by atoms with Crippen molar-refractivity contribution >= 4 is 129 Å². The maximum atomic E-state index is 15.4. The molecule has 116 heavy (non-hydrogen) atoms. The summed E-state index contributed by atoms with van der Waals surface area (Å²) in [7, 11) is -2.08. The van der Waals surface area contributed by atoms with Gasteiger partial charge in [0.25, 0.3) is 31.9 Å². The van der Waals surface area contributed by atoms with E-state index in [0.29, 0.717) is 132 Å². The molecule has 0 aliphatic heterocycles. The monoisotopic (exact) mass is 1740 g/mol. The molecule has 0 bridgehead atoms. The van der Waals surface area contributed by atoms with Gasteiger partial charge >= 0.3 is 19.1 Å². The Morgan fingerprint density at radius 3 is 1.28 bits per heavy atom. The van der Waals surface area contributed by atoms with Crippen molar-refractivity contribution in [1.82, 2.24) is 38.1 Å². The number of ether oxygens (including phenoxy) is 7. The van der Waals surface area contributed by atoms with Gasteiger partial charge in [-0.05, 0) is 165 Å². The van der Waals surface area contributed by atoms with E-state index in [4.69, 9.17) is 33.2 Å². The van der Waals surface area contributed by atoms with Crippen LogP contribution in [-0.4, -0.2) is 147 Å². The van der Waals surface area contributed by atoms with Crippen molar-refractivity contribution in [2.75, 3.05) is 58.7 Å². The van der Waals surface area contributed by atoms with E-state index in [1.54, 1.807) is 42.5 Å². The fourth-order valence-corrected chi connectivity index (χ4v) is 15.6. The van der Waals surface area contributed by atoms with Crippen LogP contribution in [-0.2, 0) is 69.7 Å². The number of pyridine rings is 2. The van der Waals surface area contributed by atoms with Gasteiger partial charge in [0.1, 0.15) is 91.5 Å². The Balaban J connectivity index is 0.000000212. The lowest BCUT2D eigenvalue weighted by Gasteiger charge is -2.19. The van der Waals surface area contributed by atoms with Crippen molar-refractivity contribution in [2.45, 2.75) is 61.6 Å². The van der Waals surface area contributed by atoms with Gasteiger partial charge in [-0.25, -0.2) is 54.0 Å². The summed E-state index contributed by atoms with van der Waals surface area (Å²) in [5, 5.41) is 23.0. The van der Waals surface area contributed by atoms with E-state index in [2.05, 4.69) is 63.5 Å². The molecule has 12 aromatic rings. The van der Waals surface area contributed by atoms with E-state index in [1.807, 2.05) is 26.0 Å². The highest BCUT2D eigenvalue weighted by atomic mass is 79.9. The molecule has 0 radical (unpaired) electrons. The first-order valence-electron chi connectivity index (χ1n) is 34.3. The molecular formula is C77H68BBrF6N10O17S4. The smallest absolute Gasteiger partial charge is 0.496 e. The van der Waals surface area contributed by atoms with Gasteiger partial charge in [-0.2, -0.15) is 26.3 Å². The second-order valence-electron chi connectivity index (χ2n) is 24.7. The first-order valence-corrected chi connectivity index (χ1v) is 39.5. The predicted molar refractivity (Wildman–Crippen MR) is 423 cm³/mol. The lowest BCUT2D eigenvalue weighted by molar-refractivity contribution is -0.143. The Morgan fingerprint density at radius 1 is 0.491 bits per heavy atom. The third kappa shape index (κ3) is 20.5. The van der Waals surface area contributed by atoms with Gasteiger partial charge in [0.2, 0.25) is 11.9 Å². The van der Waals surface area contributed by atoms with E-state index in [-0.39, 0.29) is 28.1 Å². The van der Waals surface area contributed by atoms with Crippen LogP contribution in [0, 0.1) is 35.2 Å². The number of fused-ring (bicyclic) bond motifs is 2. The number of nitrogens with one attached hydrogen (secondary N) is 4. The zero-order chi connectivity index (χ0) is 83.9. The normalized spacial score (nSPS) is 11.7. The summed E-state index contributed by atoms with van der Waals surface area (Å²) in [6.45, 7) is 4.74. The molecule has 0 spiro atoms. The van der Waals surface area contributed by atoms with Gasteiger partial charge in [-0.15, -0.1) is 0 Å². The second kappa shape index (κ2) is 38.6. The van der Waals surface area contributed by atoms with Gasteiger partial charge in [0, 0.05) is 54.0 Å². The highest BCUT2D eigenvalue weighted by Gasteiger charge is 2.32. The van der Waals surface area contributed by atoms with E-state index < -0.39 is 121 Å². The summed E-state index contributed by atoms with van der Waals surface area (Å²) in [6.07, 6.45) is 3.02. The summed E-state index contributed by atoms with van der Waals surface area (Å²) < 4.78 is 199. The fraction of sp³-hybridized carbons (Fsp3) is 0.195. The molecule has 0 unspecified atom stereocenters. The molecule has 4 heterocycles. The third-order valence-corrected chi connectivity index (χ3v) is 21.9.